The molecule has 0 aliphatic heterocycles. The minimum Gasteiger partial charge on any atom is -0.398 e. The molecule has 4 heteroatoms. The van der Waals surface area contributed by atoms with E-state index in [1.165, 1.54) is 11.8 Å². The van der Waals surface area contributed by atoms with Crippen molar-refractivity contribution in [1.82, 2.24) is 4.98 Å². The molecule has 0 saturated heterocycles. The van der Waals surface area contributed by atoms with Gasteiger partial charge in [0.05, 0.1) is 0 Å². The molecule has 0 aliphatic rings. The molecule has 3 nitrogen and oxygen atoms in total. The molecule has 0 amide bonds. The second-order valence-electron chi connectivity index (χ2n) is 3.13. The standard InChI is InChI=1S/C12H9N3S/c13-7-9-5-6-10(8-15-9)16-12-4-2-1-3-11(12)14/h1-6,8H,14H2. The first-order valence-corrected chi connectivity index (χ1v) is 5.50. The Hall–Kier alpha value is -1.99. The molecule has 0 aliphatic carbocycles. The van der Waals surface area contributed by atoms with Crippen LogP contribution < -0.4 is 5.73 Å². The van der Waals surface area contributed by atoms with Crippen molar-refractivity contribution in [1.29, 1.82) is 5.26 Å². The van der Waals surface area contributed by atoms with Crippen LogP contribution in [0, 0.1) is 11.3 Å². The molecule has 2 N–H and O–H groups in total. The fourth-order valence-electron chi connectivity index (χ4n) is 1.21. The van der Waals surface area contributed by atoms with Crippen LogP contribution >= 0.6 is 11.8 Å². The van der Waals surface area contributed by atoms with E-state index >= 15 is 0 Å². The van der Waals surface area contributed by atoms with Gasteiger partial charge in [0.15, 0.2) is 0 Å². The molecular formula is C12H9N3S. The fourth-order valence-corrected chi connectivity index (χ4v) is 2.04. The van der Waals surface area contributed by atoms with Crippen LogP contribution in [-0.4, -0.2) is 4.98 Å². The number of pyridine rings is 1. The van der Waals surface area contributed by atoms with Crippen molar-refractivity contribution in [3.8, 4) is 6.07 Å². The summed E-state index contributed by atoms with van der Waals surface area (Å²) < 4.78 is 0. The number of benzene rings is 1. The van der Waals surface area contributed by atoms with Gasteiger partial charge >= 0.3 is 0 Å². The van der Waals surface area contributed by atoms with Gasteiger partial charge in [0.2, 0.25) is 0 Å². The fraction of sp³-hybridized carbons (Fsp3) is 0. The summed E-state index contributed by atoms with van der Waals surface area (Å²) in [5.41, 5.74) is 7.00. The summed E-state index contributed by atoms with van der Waals surface area (Å²) in [6.07, 6.45) is 1.68. The first kappa shape index (κ1) is 10.5. The molecule has 78 valence electrons. The molecule has 0 saturated carbocycles. The molecule has 2 aromatic rings. The number of nitrogen functional groups attached to an aromatic ring is 1. The van der Waals surface area contributed by atoms with Crippen LogP contribution in [0.25, 0.3) is 0 Å². The first-order chi connectivity index (χ1) is 7.79. The Morgan fingerprint density at radius 2 is 2.00 bits per heavy atom. The molecule has 2 rings (SSSR count). The number of hydrogen-bond acceptors (Lipinski definition) is 4. The third kappa shape index (κ3) is 2.33. The summed E-state index contributed by atoms with van der Waals surface area (Å²) in [4.78, 5) is 5.96. The van der Waals surface area contributed by atoms with Gasteiger partial charge in [-0.15, -0.1) is 0 Å². The van der Waals surface area contributed by atoms with E-state index in [0.717, 1.165) is 15.5 Å². The summed E-state index contributed by atoms with van der Waals surface area (Å²) in [6, 6.07) is 13.2. The van der Waals surface area contributed by atoms with Crippen LogP contribution in [0.2, 0.25) is 0 Å². The number of rotatable bonds is 2. The minimum absolute atomic E-state index is 0.422. The maximum Gasteiger partial charge on any atom is 0.140 e. The molecule has 0 bridgehead atoms. The largest absolute Gasteiger partial charge is 0.398 e. The lowest BCUT2D eigenvalue weighted by atomic mass is 10.3. The van der Waals surface area contributed by atoms with Gasteiger partial charge in [0, 0.05) is 21.7 Å². The van der Waals surface area contributed by atoms with Crippen LogP contribution in [0.1, 0.15) is 5.69 Å². The molecule has 0 atom stereocenters. The van der Waals surface area contributed by atoms with Crippen LogP contribution in [-0.2, 0) is 0 Å². The zero-order chi connectivity index (χ0) is 11.4. The van der Waals surface area contributed by atoms with E-state index in [0.29, 0.717) is 5.69 Å². The number of nitrogens with zero attached hydrogens (tertiary/aromatic N) is 2. The van der Waals surface area contributed by atoms with E-state index in [1.807, 2.05) is 36.4 Å². The lowest BCUT2D eigenvalue weighted by Gasteiger charge is -2.03. The Balaban J connectivity index is 2.22. The van der Waals surface area contributed by atoms with Crippen molar-refractivity contribution in [3.63, 3.8) is 0 Å². The second-order valence-corrected chi connectivity index (χ2v) is 4.25. The van der Waals surface area contributed by atoms with Crippen LogP contribution in [0.4, 0.5) is 5.69 Å². The van der Waals surface area contributed by atoms with E-state index in [-0.39, 0.29) is 0 Å². The van der Waals surface area contributed by atoms with Gasteiger partial charge in [-0.1, -0.05) is 23.9 Å². The Morgan fingerprint density at radius 3 is 2.62 bits per heavy atom. The highest BCUT2D eigenvalue weighted by atomic mass is 32.2. The molecule has 0 spiro atoms. The van der Waals surface area contributed by atoms with Crippen molar-refractivity contribution < 1.29 is 0 Å². The van der Waals surface area contributed by atoms with Crippen molar-refractivity contribution >= 4 is 17.4 Å². The number of aromatic nitrogens is 1. The maximum absolute atomic E-state index is 8.62. The van der Waals surface area contributed by atoms with E-state index in [4.69, 9.17) is 11.0 Å². The van der Waals surface area contributed by atoms with Crippen LogP contribution in [0.5, 0.6) is 0 Å². The van der Waals surface area contributed by atoms with Gasteiger partial charge in [-0.3, -0.25) is 0 Å². The molecule has 1 aromatic carbocycles. The Bertz CT molecular complexity index is 529. The SMILES string of the molecule is N#Cc1ccc(Sc2ccccc2N)cn1. The van der Waals surface area contributed by atoms with Gasteiger partial charge < -0.3 is 5.73 Å². The number of nitriles is 1. The quantitative estimate of drug-likeness (QED) is 0.801. The summed E-state index contributed by atoms with van der Waals surface area (Å²) in [6.45, 7) is 0. The molecule has 1 heterocycles. The topological polar surface area (TPSA) is 62.7 Å². The van der Waals surface area contributed by atoms with E-state index in [2.05, 4.69) is 4.98 Å². The molecule has 0 unspecified atom stereocenters. The summed E-state index contributed by atoms with van der Waals surface area (Å²) in [5.74, 6) is 0. The average Bonchev–Trinajstić information content (AvgIpc) is 2.33. The lowest BCUT2D eigenvalue weighted by Crippen LogP contribution is -1.87. The molecule has 16 heavy (non-hydrogen) atoms. The third-order valence-corrected chi connectivity index (χ3v) is 3.07. The first-order valence-electron chi connectivity index (χ1n) is 4.68. The normalized spacial score (nSPS) is 9.69. The van der Waals surface area contributed by atoms with Gasteiger partial charge in [-0.25, -0.2) is 4.98 Å². The minimum atomic E-state index is 0.422. The van der Waals surface area contributed by atoms with Crippen molar-refractivity contribution in [2.45, 2.75) is 9.79 Å². The highest BCUT2D eigenvalue weighted by Gasteiger charge is 2.01. The van der Waals surface area contributed by atoms with E-state index < -0.39 is 0 Å². The van der Waals surface area contributed by atoms with Crippen molar-refractivity contribution in [3.05, 3.63) is 48.3 Å². The maximum atomic E-state index is 8.62. The average molecular weight is 227 g/mol. The number of nitrogens with two attached hydrogens (primary N) is 1. The van der Waals surface area contributed by atoms with Crippen molar-refractivity contribution in [2.75, 3.05) is 5.73 Å². The number of anilines is 1. The molecule has 0 radical (unpaired) electrons. The molecule has 1 aromatic heterocycles. The van der Waals surface area contributed by atoms with Gasteiger partial charge in [0.1, 0.15) is 11.8 Å². The van der Waals surface area contributed by atoms with Crippen LogP contribution in [0.15, 0.2) is 52.4 Å². The van der Waals surface area contributed by atoms with Gasteiger partial charge in [-0.2, -0.15) is 5.26 Å². The Morgan fingerprint density at radius 1 is 1.19 bits per heavy atom. The predicted octanol–water partition coefficient (Wildman–Crippen LogP) is 2.69. The highest BCUT2D eigenvalue weighted by molar-refractivity contribution is 7.99. The monoisotopic (exact) mass is 227 g/mol. The van der Waals surface area contributed by atoms with Gasteiger partial charge in [0.25, 0.3) is 0 Å². The number of para-hydroxylation sites is 1. The summed E-state index contributed by atoms with van der Waals surface area (Å²) in [7, 11) is 0. The van der Waals surface area contributed by atoms with Gasteiger partial charge in [-0.05, 0) is 24.3 Å². The number of hydrogen-bond donors (Lipinski definition) is 1. The smallest absolute Gasteiger partial charge is 0.140 e. The predicted molar refractivity (Wildman–Crippen MR) is 63.9 cm³/mol. The third-order valence-electron chi connectivity index (χ3n) is 2.00. The van der Waals surface area contributed by atoms with Crippen LogP contribution in [0.3, 0.4) is 0 Å². The molecular weight excluding hydrogens is 218 g/mol. The summed E-state index contributed by atoms with van der Waals surface area (Å²) >= 11 is 1.54. The van der Waals surface area contributed by atoms with E-state index in [9.17, 15) is 0 Å². The lowest BCUT2D eigenvalue weighted by molar-refractivity contribution is 1.19. The Kier molecular flexibility index (Phi) is 3.08. The summed E-state index contributed by atoms with van der Waals surface area (Å²) in [5, 5.41) is 8.62. The zero-order valence-electron chi connectivity index (χ0n) is 8.42. The molecule has 0 fully saturated rings. The van der Waals surface area contributed by atoms with Crippen molar-refractivity contribution in [2.24, 2.45) is 0 Å². The van der Waals surface area contributed by atoms with E-state index in [1.54, 1.807) is 12.3 Å². The Labute approximate surface area is 97.9 Å². The zero-order valence-corrected chi connectivity index (χ0v) is 9.24. The second kappa shape index (κ2) is 4.69. The highest BCUT2D eigenvalue weighted by Crippen LogP contribution is 2.31.